The van der Waals surface area contributed by atoms with Gasteiger partial charge >= 0.3 is 0 Å². The minimum absolute atomic E-state index is 0.0781. The van der Waals surface area contributed by atoms with E-state index in [0.29, 0.717) is 38.4 Å². The van der Waals surface area contributed by atoms with E-state index < -0.39 is 0 Å². The lowest BCUT2D eigenvalue weighted by atomic mass is 10.1. The molecule has 1 aliphatic rings. The van der Waals surface area contributed by atoms with E-state index in [1.54, 1.807) is 12.1 Å². The van der Waals surface area contributed by atoms with E-state index >= 15 is 0 Å². The molecule has 3 aromatic heterocycles. The molecule has 0 atom stereocenters. The van der Waals surface area contributed by atoms with Crippen LogP contribution in [0.25, 0.3) is 16.7 Å². The Hall–Kier alpha value is -4.46. The molecule has 0 aliphatic carbocycles. The van der Waals surface area contributed by atoms with Crippen molar-refractivity contribution >= 4 is 22.8 Å². The Morgan fingerprint density at radius 1 is 0.892 bits per heavy atom. The lowest BCUT2D eigenvalue weighted by molar-refractivity contribution is 0.0714. The number of anilines is 1. The number of amides is 1. The zero-order chi connectivity index (χ0) is 25.4. The van der Waals surface area contributed by atoms with Crippen LogP contribution in [0.4, 0.5) is 5.82 Å². The third kappa shape index (κ3) is 4.46. The van der Waals surface area contributed by atoms with Crippen molar-refractivity contribution in [2.45, 2.75) is 20.3 Å². The van der Waals surface area contributed by atoms with Crippen LogP contribution in [-0.2, 0) is 6.42 Å². The van der Waals surface area contributed by atoms with Crippen LogP contribution in [-0.4, -0.2) is 56.7 Å². The van der Waals surface area contributed by atoms with Crippen molar-refractivity contribution in [2.24, 2.45) is 0 Å². The Kier molecular flexibility index (Phi) is 5.92. The molecule has 0 unspecified atom stereocenters. The molecule has 1 fully saturated rings. The number of hydrogen-bond donors (Lipinski definition) is 0. The van der Waals surface area contributed by atoms with Crippen molar-refractivity contribution in [3.05, 3.63) is 101 Å². The average Bonchev–Trinajstić information content (AvgIpc) is 3.59. The predicted octanol–water partition coefficient (Wildman–Crippen LogP) is 4.58. The van der Waals surface area contributed by atoms with Gasteiger partial charge in [-0.05, 0) is 43.7 Å². The SMILES string of the molecule is Cc1ccc(Cc2nc(N3CCN(C(=O)c4ccco4)CC3)c3c(C)nn(-c4ccccc4)c3n2)cc1. The summed E-state index contributed by atoms with van der Waals surface area (Å²) in [6, 6.07) is 22.0. The van der Waals surface area contributed by atoms with Gasteiger partial charge in [-0.25, -0.2) is 14.6 Å². The molecule has 6 rings (SSSR count). The number of para-hydroxylation sites is 1. The average molecular weight is 493 g/mol. The molecule has 0 spiro atoms. The van der Waals surface area contributed by atoms with E-state index in [1.807, 2.05) is 46.8 Å². The zero-order valence-electron chi connectivity index (χ0n) is 21.0. The maximum Gasteiger partial charge on any atom is 0.289 e. The summed E-state index contributed by atoms with van der Waals surface area (Å²) in [6.07, 6.45) is 2.16. The number of aryl methyl sites for hydroxylation is 2. The van der Waals surface area contributed by atoms with Crippen molar-refractivity contribution < 1.29 is 9.21 Å². The second-order valence-corrected chi connectivity index (χ2v) is 9.41. The first-order valence-corrected chi connectivity index (χ1v) is 12.5. The predicted molar refractivity (Wildman–Crippen MR) is 142 cm³/mol. The Labute approximate surface area is 215 Å². The number of furan rings is 1. The highest BCUT2D eigenvalue weighted by Gasteiger charge is 2.27. The lowest BCUT2D eigenvalue weighted by Gasteiger charge is -2.35. The standard InChI is InChI=1S/C29H28N6O2/c1-20-10-12-22(13-11-20)19-25-30-27(33-14-16-34(17-15-33)29(36)24-9-6-18-37-24)26-21(2)32-35(28(26)31-25)23-7-4-3-5-8-23/h3-13,18H,14-17,19H2,1-2H3. The second-order valence-electron chi connectivity index (χ2n) is 9.41. The maximum absolute atomic E-state index is 12.8. The molecule has 2 aromatic carbocycles. The number of hydrogen-bond acceptors (Lipinski definition) is 6. The van der Waals surface area contributed by atoms with Crippen LogP contribution in [0.5, 0.6) is 0 Å². The second kappa shape index (κ2) is 9.54. The number of aromatic nitrogens is 4. The van der Waals surface area contributed by atoms with Crippen LogP contribution >= 0.6 is 0 Å². The molecule has 0 N–H and O–H groups in total. The van der Waals surface area contributed by atoms with Crippen LogP contribution in [0.1, 0.15) is 33.2 Å². The summed E-state index contributed by atoms with van der Waals surface area (Å²) in [5, 5.41) is 5.81. The Morgan fingerprint density at radius 2 is 1.65 bits per heavy atom. The normalized spacial score (nSPS) is 13.9. The number of piperazine rings is 1. The van der Waals surface area contributed by atoms with Gasteiger partial charge in [-0.1, -0.05) is 48.0 Å². The van der Waals surface area contributed by atoms with Crippen molar-refractivity contribution in [3.8, 4) is 5.69 Å². The molecule has 8 nitrogen and oxygen atoms in total. The summed E-state index contributed by atoms with van der Waals surface area (Å²) in [4.78, 5) is 26.9. The van der Waals surface area contributed by atoms with E-state index in [4.69, 9.17) is 19.5 Å². The molecule has 1 aliphatic heterocycles. The molecule has 1 amide bonds. The zero-order valence-corrected chi connectivity index (χ0v) is 21.0. The lowest BCUT2D eigenvalue weighted by Crippen LogP contribution is -2.49. The number of rotatable bonds is 5. The molecular formula is C29H28N6O2. The quantitative estimate of drug-likeness (QED) is 0.357. The highest BCUT2D eigenvalue weighted by atomic mass is 16.3. The summed E-state index contributed by atoms with van der Waals surface area (Å²) in [5.74, 6) is 1.92. The van der Waals surface area contributed by atoms with Gasteiger partial charge in [0, 0.05) is 32.6 Å². The van der Waals surface area contributed by atoms with Crippen molar-refractivity contribution in [3.63, 3.8) is 0 Å². The molecule has 8 heteroatoms. The Morgan fingerprint density at radius 3 is 2.35 bits per heavy atom. The first kappa shape index (κ1) is 23.0. The van der Waals surface area contributed by atoms with E-state index in [-0.39, 0.29) is 5.91 Å². The number of nitrogens with zero attached hydrogens (tertiary/aromatic N) is 6. The van der Waals surface area contributed by atoms with Gasteiger partial charge in [-0.15, -0.1) is 0 Å². The molecule has 5 aromatic rings. The third-order valence-electron chi connectivity index (χ3n) is 6.81. The fourth-order valence-corrected chi connectivity index (χ4v) is 4.83. The van der Waals surface area contributed by atoms with Crippen LogP contribution in [0.3, 0.4) is 0 Å². The first-order chi connectivity index (χ1) is 18.1. The van der Waals surface area contributed by atoms with Crippen LogP contribution in [0.2, 0.25) is 0 Å². The first-order valence-electron chi connectivity index (χ1n) is 12.5. The summed E-state index contributed by atoms with van der Waals surface area (Å²) in [7, 11) is 0. The van der Waals surface area contributed by atoms with Gasteiger partial charge < -0.3 is 14.2 Å². The largest absolute Gasteiger partial charge is 0.459 e. The molecule has 0 saturated carbocycles. The van der Waals surface area contributed by atoms with Crippen LogP contribution < -0.4 is 4.90 Å². The topological polar surface area (TPSA) is 80.3 Å². The van der Waals surface area contributed by atoms with E-state index in [9.17, 15) is 4.79 Å². The van der Waals surface area contributed by atoms with E-state index in [1.165, 1.54) is 11.8 Å². The number of carbonyl (C=O) groups is 1. The molecule has 1 saturated heterocycles. The van der Waals surface area contributed by atoms with Gasteiger partial charge in [0.2, 0.25) is 0 Å². The number of carbonyl (C=O) groups excluding carboxylic acids is 1. The molecular weight excluding hydrogens is 464 g/mol. The molecule has 186 valence electrons. The third-order valence-corrected chi connectivity index (χ3v) is 6.81. The van der Waals surface area contributed by atoms with Gasteiger partial charge in [0.05, 0.1) is 23.0 Å². The highest BCUT2D eigenvalue weighted by Crippen LogP contribution is 2.30. The monoisotopic (exact) mass is 492 g/mol. The summed E-state index contributed by atoms with van der Waals surface area (Å²) in [6.45, 7) is 6.60. The maximum atomic E-state index is 12.8. The fourth-order valence-electron chi connectivity index (χ4n) is 4.83. The Bertz CT molecular complexity index is 1530. The number of fused-ring (bicyclic) bond motifs is 1. The summed E-state index contributed by atoms with van der Waals surface area (Å²) < 4.78 is 7.23. The minimum atomic E-state index is -0.0781. The molecule has 0 radical (unpaired) electrons. The van der Waals surface area contributed by atoms with Crippen LogP contribution in [0.15, 0.2) is 77.4 Å². The summed E-state index contributed by atoms with van der Waals surface area (Å²) >= 11 is 0. The summed E-state index contributed by atoms with van der Waals surface area (Å²) in [5.41, 5.74) is 5.02. The fraction of sp³-hybridized carbons (Fsp3) is 0.241. The molecule has 4 heterocycles. The van der Waals surface area contributed by atoms with Crippen molar-refractivity contribution in [1.82, 2.24) is 24.6 Å². The smallest absolute Gasteiger partial charge is 0.289 e. The molecule has 37 heavy (non-hydrogen) atoms. The van der Waals surface area contributed by atoms with Gasteiger partial charge in [-0.3, -0.25) is 4.79 Å². The minimum Gasteiger partial charge on any atom is -0.459 e. The van der Waals surface area contributed by atoms with E-state index in [2.05, 4.69) is 36.1 Å². The van der Waals surface area contributed by atoms with Gasteiger partial charge in [0.15, 0.2) is 11.4 Å². The van der Waals surface area contributed by atoms with Gasteiger partial charge in [0.25, 0.3) is 5.91 Å². The van der Waals surface area contributed by atoms with Gasteiger partial charge in [0.1, 0.15) is 11.6 Å². The Balaban J connectivity index is 1.38. The highest BCUT2D eigenvalue weighted by molar-refractivity contribution is 5.93. The van der Waals surface area contributed by atoms with Crippen molar-refractivity contribution in [1.29, 1.82) is 0 Å². The molecule has 0 bridgehead atoms. The van der Waals surface area contributed by atoms with Crippen LogP contribution in [0, 0.1) is 13.8 Å². The van der Waals surface area contributed by atoms with E-state index in [0.717, 1.165) is 39.6 Å². The van der Waals surface area contributed by atoms with Crippen molar-refractivity contribution in [2.75, 3.05) is 31.1 Å². The number of benzene rings is 2. The van der Waals surface area contributed by atoms with Gasteiger partial charge in [-0.2, -0.15) is 5.10 Å².